The normalized spacial score (nSPS) is 17.0. The first-order valence-electron chi connectivity index (χ1n) is 12.3. The van der Waals surface area contributed by atoms with E-state index in [0.717, 1.165) is 10.5 Å². The number of carbonyl (C=O) groups is 2. The van der Waals surface area contributed by atoms with E-state index < -0.39 is 23.5 Å². The van der Waals surface area contributed by atoms with Crippen LogP contribution in [0.5, 0.6) is 23.0 Å². The minimum Gasteiger partial charge on any atom is -0.507 e. The van der Waals surface area contributed by atoms with Crippen LogP contribution in [-0.4, -0.2) is 40.7 Å². The van der Waals surface area contributed by atoms with Gasteiger partial charge in [0.05, 0.1) is 36.6 Å². The molecule has 0 aliphatic carbocycles. The Bertz CT molecular complexity index is 1490. The molecule has 4 rings (SSSR count). The number of phenols is 2. The topological polar surface area (TPSA) is 117 Å². The Morgan fingerprint density at radius 1 is 0.974 bits per heavy atom. The Morgan fingerprint density at radius 3 is 2.31 bits per heavy atom. The van der Waals surface area contributed by atoms with Crippen LogP contribution in [0.15, 0.2) is 60.2 Å². The van der Waals surface area contributed by atoms with E-state index in [0.29, 0.717) is 11.3 Å². The van der Waals surface area contributed by atoms with Crippen molar-refractivity contribution in [1.82, 2.24) is 0 Å². The molecule has 0 bridgehead atoms. The number of amides is 1. The quantitative estimate of drug-likeness (QED) is 0.193. The van der Waals surface area contributed by atoms with Crippen molar-refractivity contribution in [2.75, 3.05) is 18.6 Å². The number of ether oxygens (including phenoxy) is 2. The fourth-order valence-electron chi connectivity index (χ4n) is 4.56. The van der Waals surface area contributed by atoms with Gasteiger partial charge >= 0.3 is 0 Å². The second-order valence-electron chi connectivity index (χ2n) is 10.1. The van der Waals surface area contributed by atoms with Gasteiger partial charge in [-0.25, -0.2) is 0 Å². The highest BCUT2D eigenvalue weighted by molar-refractivity contribution is 6.52. The molecule has 1 heterocycles. The number of methoxy groups -OCH3 is 1. The molecule has 0 aromatic heterocycles. The number of hydrogen-bond donors (Lipinski definition) is 3. The maximum atomic E-state index is 13.6. The Balaban J connectivity index is 2.05. The molecule has 1 saturated heterocycles. The molecule has 0 spiro atoms. The summed E-state index contributed by atoms with van der Waals surface area (Å²) in [7, 11) is 1.44. The zero-order valence-corrected chi connectivity index (χ0v) is 23.0. The lowest BCUT2D eigenvalue weighted by Crippen LogP contribution is -2.29. The molecule has 1 unspecified atom stereocenters. The summed E-state index contributed by atoms with van der Waals surface area (Å²) >= 11 is 6.19. The molecule has 3 aromatic carbocycles. The predicted octanol–water partition coefficient (Wildman–Crippen LogP) is 6.08. The number of Topliss-reactive ketones (excluding diaryl/α,β-unsaturated/α-hetero) is 1. The van der Waals surface area contributed by atoms with Gasteiger partial charge < -0.3 is 24.8 Å². The smallest absolute Gasteiger partial charge is 0.300 e. The minimum absolute atomic E-state index is 0.0184. The number of hydrogen-bond acceptors (Lipinski definition) is 7. The van der Waals surface area contributed by atoms with Crippen LogP contribution in [0.3, 0.4) is 0 Å². The van der Waals surface area contributed by atoms with E-state index in [4.69, 9.17) is 21.1 Å². The number of carbonyl (C=O) groups excluding carboxylic acids is 2. The van der Waals surface area contributed by atoms with Crippen LogP contribution in [0.4, 0.5) is 5.69 Å². The summed E-state index contributed by atoms with van der Waals surface area (Å²) in [6.45, 7) is 8.02. The number of aliphatic hydroxyl groups excluding tert-OH is 1. The Kier molecular flexibility index (Phi) is 7.52. The molecular formula is C30H30ClNO7. The summed E-state index contributed by atoms with van der Waals surface area (Å²) in [6, 6.07) is 12.6. The average molecular weight is 552 g/mol. The van der Waals surface area contributed by atoms with Gasteiger partial charge in [-0.2, -0.15) is 0 Å². The zero-order chi connectivity index (χ0) is 28.6. The van der Waals surface area contributed by atoms with Crippen molar-refractivity contribution in [3.8, 4) is 23.0 Å². The van der Waals surface area contributed by atoms with Gasteiger partial charge in [-0.05, 0) is 65.9 Å². The van der Waals surface area contributed by atoms with Crippen molar-refractivity contribution in [2.45, 2.75) is 39.2 Å². The van der Waals surface area contributed by atoms with E-state index in [9.17, 15) is 24.9 Å². The first-order valence-corrected chi connectivity index (χ1v) is 12.7. The van der Waals surface area contributed by atoms with Gasteiger partial charge in [-0.15, -0.1) is 0 Å². The van der Waals surface area contributed by atoms with Crippen LogP contribution >= 0.6 is 11.6 Å². The maximum absolute atomic E-state index is 13.6. The molecule has 1 fully saturated rings. The van der Waals surface area contributed by atoms with Crippen LogP contribution in [0.25, 0.3) is 5.76 Å². The summed E-state index contributed by atoms with van der Waals surface area (Å²) in [5, 5.41) is 32.9. The van der Waals surface area contributed by atoms with Gasteiger partial charge in [-0.3, -0.25) is 14.5 Å². The van der Waals surface area contributed by atoms with Gasteiger partial charge in [0.15, 0.2) is 11.5 Å². The number of nitrogens with zero attached hydrogens (tertiary/aromatic N) is 1. The summed E-state index contributed by atoms with van der Waals surface area (Å²) in [5.74, 6) is -2.39. The predicted molar refractivity (Wildman–Crippen MR) is 149 cm³/mol. The molecule has 9 heteroatoms. The number of phenolic OH excluding ortho intramolecular Hbond substituents is 2. The van der Waals surface area contributed by atoms with Crippen molar-refractivity contribution in [3.05, 3.63) is 81.9 Å². The van der Waals surface area contributed by atoms with E-state index in [1.54, 1.807) is 19.1 Å². The van der Waals surface area contributed by atoms with E-state index in [1.165, 1.54) is 43.5 Å². The fourth-order valence-corrected chi connectivity index (χ4v) is 4.73. The Labute approximate surface area is 231 Å². The molecule has 3 aromatic rings. The number of benzene rings is 3. The van der Waals surface area contributed by atoms with Gasteiger partial charge in [0, 0.05) is 5.02 Å². The van der Waals surface area contributed by atoms with Crippen molar-refractivity contribution in [3.63, 3.8) is 0 Å². The van der Waals surface area contributed by atoms with Gasteiger partial charge in [0.25, 0.3) is 11.7 Å². The molecule has 1 amide bonds. The third-order valence-corrected chi connectivity index (χ3v) is 6.80. The second-order valence-corrected chi connectivity index (χ2v) is 10.6. The minimum atomic E-state index is -1.20. The van der Waals surface area contributed by atoms with E-state index in [-0.39, 0.29) is 51.1 Å². The highest BCUT2D eigenvalue weighted by Gasteiger charge is 2.48. The average Bonchev–Trinajstić information content (AvgIpc) is 3.15. The Morgan fingerprint density at radius 2 is 1.67 bits per heavy atom. The van der Waals surface area contributed by atoms with Crippen molar-refractivity contribution in [2.24, 2.45) is 0 Å². The second kappa shape index (κ2) is 10.5. The lowest BCUT2D eigenvalue weighted by atomic mass is 9.85. The number of aromatic hydroxyl groups is 2. The lowest BCUT2D eigenvalue weighted by Gasteiger charge is -2.27. The van der Waals surface area contributed by atoms with Crippen molar-refractivity contribution >= 4 is 34.7 Å². The van der Waals surface area contributed by atoms with Crippen LogP contribution in [0, 0.1) is 0 Å². The number of aliphatic hydroxyl groups is 1. The van der Waals surface area contributed by atoms with Crippen LogP contribution in [-0.2, 0) is 15.0 Å². The molecule has 1 atom stereocenters. The van der Waals surface area contributed by atoms with Gasteiger partial charge in [-0.1, -0.05) is 44.5 Å². The molecule has 39 heavy (non-hydrogen) atoms. The van der Waals surface area contributed by atoms with Crippen molar-refractivity contribution < 1.29 is 34.4 Å². The van der Waals surface area contributed by atoms with Crippen molar-refractivity contribution in [1.29, 1.82) is 0 Å². The molecular weight excluding hydrogens is 522 g/mol. The number of anilines is 1. The van der Waals surface area contributed by atoms with Gasteiger partial charge in [0.2, 0.25) is 0 Å². The summed E-state index contributed by atoms with van der Waals surface area (Å²) in [5.41, 5.74) is 0.913. The standard InChI is InChI=1S/C30H30ClNO7/c1-6-39-24-13-16(7-10-22(24)34)26-25(27(35)19-14-17(30(2,3)4)8-12-23(19)38-5)28(36)29(37)32(26)20-15-18(31)9-11-21(20)33/h7-15,26,33-35H,6H2,1-5H3/b27-25+. The molecule has 204 valence electrons. The molecule has 1 aliphatic rings. The largest absolute Gasteiger partial charge is 0.507 e. The summed E-state index contributed by atoms with van der Waals surface area (Å²) in [6.07, 6.45) is 0. The number of halogens is 1. The van der Waals surface area contributed by atoms with Crippen LogP contribution in [0.1, 0.15) is 50.4 Å². The highest BCUT2D eigenvalue weighted by atomic mass is 35.5. The van der Waals surface area contributed by atoms with Crippen LogP contribution < -0.4 is 14.4 Å². The van der Waals surface area contributed by atoms with E-state index in [2.05, 4.69) is 0 Å². The third kappa shape index (κ3) is 5.12. The fraction of sp³-hybridized carbons (Fsp3) is 0.267. The molecule has 0 saturated carbocycles. The number of ketones is 1. The summed E-state index contributed by atoms with van der Waals surface area (Å²) in [4.78, 5) is 28.2. The first-order chi connectivity index (χ1) is 18.4. The maximum Gasteiger partial charge on any atom is 0.300 e. The summed E-state index contributed by atoms with van der Waals surface area (Å²) < 4.78 is 11.0. The Hall–Kier alpha value is -4.17. The third-order valence-electron chi connectivity index (χ3n) is 6.56. The lowest BCUT2D eigenvalue weighted by molar-refractivity contribution is -0.132. The SMILES string of the molecule is CCOc1cc(C2/C(=C(\O)c3cc(C(C)(C)C)ccc3OC)C(=O)C(=O)N2c2cc(Cl)ccc2O)ccc1O. The number of rotatable bonds is 6. The zero-order valence-electron chi connectivity index (χ0n) is 22.3. The molecule has 1 aliphatic heterocycles. The van der Waals surface area contributed by atoms with E-state index >= 15 is 0 Å². The van der Waals surface area contributed by atoms with E-state index in [1.807, 2.05) is 26.8 Å². The first kappa shape index (κ1) is 27.9. The van der Waals surface area contributed by atoms with Gasteiger partial charge in [0.1, 0.15) is 17.3 Å². The molecule has 3 N–H and O–H groups in total. The molecule has 0 radical (unpaired) electrons. The highest BCUT2D eigenvalue weighted by Crippen LogP contribution is 2.47. The molecule has 8 nitrogen and oxygen atoms in total. The van der Waals surface area contributed by atoms with Crippen LogP contribution in [0.2, 0.25) is 5.02 Å². The monoisotopic (exact) mass is 551 g/mol.